The van der Waals surface area contributed by atoms with Crippen molar-refractivity contribution in [2.24, 2.45) is 0 Å². The van der Waals surface area contributed by atoms with Crippen LogP contribution in [0.4, 0.5) is 0 Å². The summed E-state index contributed by atoms with van der Waals surface area (Å²) < 4.78 is 7.08. The van der Waals surface area contributed by atoms with Gasteiger partial charge >= 0.3 is 0 Å². The van der Waals surface area contributed by atoms with E-state index >= 15 is 0 Å². The number of rotatable bonds is 5. The molecule has 1 aromatic heterocycles. The van der Waals surface area contributed by atoms with E-state index in [2.05, 4.69) is 20.8 Å². The van der Waals surface area contributed by atoms with Gasteiger partial charge in [-0.3, -0.25) is 14.2 Å². The SMILES string of the molecule is COc1cc(=O)n(-c2ccccc2)cc1C(=O)N1CCCC[C@H]1CSC(C)(C)C. The molecule has 1 aliphatic heterocycles. The Morgan fingerprint density at radius 3 is 2.59 bits per heavy atom. The number of pyridine rings is 1. The highest BCUT2D eigenvalue weighted by molar-refractivity contribution is 8.00. The van der Waals surface area contributed by atoms with E-state index in [4.69, 9.17) is 4.74 Å². The number of ether oxygens (including phenoxy) is 1. The molecule has 1 saturated heterocycles. The van der Waals surface area contributed by atoms with Gasteiger partial charge in [0.2, 0.25) is 0 Å². The molecule has 1 aromatic carbocycles. The summed E-state index contributed by atoms with van der Waals surface area (Å²) in [5.74, 6) is 1.18. The Bertz CT molecular complexity index is 903. The molecule has 3 rings (SSSR count). The normalized spacial score (nSPS) is 17.2. The molecule has 0 aliphatic carbocycles. The Balaban J connectivity index is 1.95. The van der Waals surface area contributed by atoms with Crippen LogP contribution in [0.1, 0.15) is 50.4 Å². The number of nitrogens with zero attached hydrogens (tertiary/aromatic N) is 2. The Morgan fingerprint density at radius 2 is 1.93 bits per heavy atom. The largest absolute Gasteiger partial charge is 0.496 e. The molecule has 5 nitrogen and oxygen atoms in total. The predicted molar refractivity (Wildman–Crippen MR) is 119 cm³/mol. The highest BCUT2D eigenvalue weighted by atomic mass is 32.2. The monoisotopic (exact) mass is 414 g/mol. The van der Waals surface area contributed by atoms with Gasteiger partial charge in [-0.1, -0.05) is 39.0 Å². The van der Waals surface area contributed by atoms with E-state index < -0.39 is 0 Å². The van der Waals surface area contributed by atoms with Gasteiger partial charge in [-0.25, -0.2) is 0 Å². The molecule has 0 unspecified atom stereocenters. The van der Waals surface area contributed by atoms with Crippen LogP contribution in [0.3, 0.4) is 0 Å². The zero-order valence-electron chi connectivity index (χ0n) is 17.7. The van der Waals surface area contributed by atoms with E-state index in [9.17, 15) is 9.59 Å². The number of para-hydroxylation sites is 1. The molecule has 1 aliphatic rings. The predicted octanol–water partition coefficient (Wildman–Crippen LogP) is 4.37. The minimum atomic E-state index is -0.219. The number of amides is 1. The van der Waals surface area contributed by atoms with Gasteiger partial charge in [0.25, 0.3) is 11.5 Å². The standard InChI is InChI=1S/C23H30N2O3S/c1-23(2,3)29-16-18-12-8-9-13-24(18)22(27)19-15-25(17-10-6-5-7-11-17)21(26)14-20(19)28-4/h5-7,10-11,14-15,18H,8-9,12-13,16H2,1-4H3/t18-/m0/s1. The van der Waals surface area contributed by atoms with Crippen LogP contribution in [0.15, 0.2) is 47.4 Å². The van der Waals surface area contributed by atoms with Gasteiger partial charge in [-0.2, -0.15) is 11.8 Å². The average Bonchev–Trinajstić information content (AvgIpc) is 2.71. The zero-order valence-corrected chi connectivity index (χ0v) is 18.5. The number of carbonyl (C=O) groups is 1. The summed E-state index contributed by atoms with van der Waals surface area (Å²) in [5.41, 5.74) is 0.944. The lowest BCUT2D eigenvalue weighted by Crippen LogP contribution is -2.46. The molecular weight excluding hydrogens is 384 g/mol. The summed E-state index contributed by atoms with van der Waals surface area (Å²) >= 11 is 1.89. The van der Waals surface area contributed by atoms with Crippen molar-refractivity contribution in [3.63, 3.8) is 0 Å². The molecule has 29 heavy (non-hydrogen) atoms. The minimum Gasteiger partial charge on any atom is -0.496 e. The molecule has 2 aromatic rings. The quantitative estimate of drug-likeness (QED) is 0.729. The van der Waals surface area contributed by atoms with Crippen molar-refractivity contribution in [1.29, 1.82) is 0 Å². The second-order valence-corrected chi connectivity index (χ2v) is 10.2. The van der Waals surface area contributed by atoms with Crippen LogP contribution in [0.25, 0.3) is 5.69 Å². The molecule has 1 amide bonds. The zero-order chi connectivity index (χ0) is 21.0. The highest BCUT2D eigenvalue weighted by Crippen LogP contribution is 2.30. The molecule has 0 bridgehead atoms. The van der Waals surface area contributed by atoms with Crippen molar-refractivity contribution in [2.75, 3.05) is 19.4 Å². The molecule has 1 atom stereocenters. The lowest BCUT2D eigenvalue weighted by atomic mass is 10.0. The topological polar surface area (TPSA) is 51.5 Å². The number of hydrogen-bond acceptors (Lipinski definition) is 4. The first-order valence-corrected chi connectivity index (χ1v) is 11.1. The minimum absolute atomic E-state index is 0.0641. The fraction of sp³-hybridized carbons (Fsp3) is 0.478. The summed E-state index contributed by atoms with van der Waals surface area (Å²) in [7, 11) is 1.50. The fourth-order valence-corrected chi connectivity index (χ4v) is 4.62. The Hall–Kier alpha value is -2.21. The second-order valence-electron chi connectivity index (χ2n) is 8.37. The van der Waals surface area contributed by atoms with E-state index in [0.717, 1.165) is 37.2 Å². The molecule has 2 heterocycles. The first-order chi connectivity index (χ1) is 13.8. The van der Waals surface area contributed by atoms with Crippen molar-refractivity contribution < 1.29 is 9.53 Å². The number of piperidine rings is 1. The maximum absolute atomic E-state index is 13.5. The third-order valence-electron chi connectivity index (χ3n) is 5.10. The van der Waals surface area contributed by atoms with Crippen LogP contribution in [0, 0.1) is 0 Å². The number of likely N-dealkylation sites (tertiary alicyclic amines) is 1. The van der Waals surface area contributed by atoms with Crippen LogP contribution in [-0.4, -0.2) is 45.6 Å². The number of benzene rings is 1. The van der Waals surface area contributed by atoms with Gasteiger partial charge in [-0.15, -0.1) is 0 Å². The molecule has 0 N–H and O–H groups in total. The van der Waals surface area contributed by atoms with Crippen LogP contribution < -0.4 is 10.3 Å². The molecule has 1 fully saturated rings. The van der Waals surface area contributed by atoms with Gasteiger partial charge in [0.05, 0.1) is 12.7 Å². The Morgan fingerprint density at radius 1 is 1.21 bits per heavy atom. The summed E-state index contributed by atoms with van der Waals surface area (Å²) in [5, 5.41) is 0. The second kappa shape index (κ2) is 9.08. The molecule has 156 valence electrons. The third-order valence-corrected chi connectivity index (χ3v) is 6.51. The van der Waals surface area contributed by atoms with Crippen LogP contribution in [0.2, 0.25) is 0 Å². The van der Waals surface area contributed by atoms with E-state index in [1.807, 2.05) is 47.0 Å². The van der Waals surface area contributed by atoms with Crippen molar-refractivity contribution in [3.8, 4) is 11.4 Å². The first-order valence-electron chi connectivity index (χ1n) is 10.1. The number of thioether (sulfide) groups is 1. The van der Waals surface area contributed by atoms with E-state index in [1.54, 1.807) is 6.20 Å². The van der Waals surface area contributed by atoms with Crippen LogP contribution in [-0.2, 0) is 0 Å². The molecular formula is C23H30N2O3S. The number of hydrogen-bond donors (Lipinski definition) is 0. The lowest BCUT2D eigenvalue weighted by Gasteiger charge is -2.37. The van der Waals surface area contributed by atoms with E-state index in [-0.39, 0.29) is 22.3 Å². The number of aromatic nitrogens is 1. The fourth-order valence-electron chi connectivity index (χ4n) is 3.58. The summed E-state index contributed by atoms with van der Waals surface area (Å²) in [6.07, 6.45) is 4.78. The number of carbonyl (C=O) groups excluding carboxylic acids is 1. The average molecular weight is 415 g/mol. The van der Waals surface area contributed by atoms with Gasteiger partial charge in [0, 0.05) is 41.0 Å². The maximum Gasteiger partial charge on any atom is 0.259 e. The summed E-state index contributed by atoms with van der Waals surface area (Å²) in [6.45, 7) is 7.34. The van der Waals surface area contributed by atoms with Crippen LogP contribution >= 0.6 is 11.8 Å². The van der Waals surface area contributed by atoms with Gasteiger partial charge < -0.3 is 9.64 Å². The van der Waals surface area contributed by atoms with Gasteiger partial charge in [0.1, 0.15) is 5.75 Å². The maximum atomic E-state index is 13.5. The third kappa shape index (κ3) is 5.24. The van der Waals surface area contributed by atoms with Crippen molar-refractivity contribution >= 4 is 17.7 Å². The molecule has 0 saturated carbocycles. The van der Waals surface area contributed by atoms with Crippen molar-refractivity contribution in [1.82, 2.24) is 9.47 Å². The summed E-state index contributed by atoms with van der Waals surface area (Å²) in [6, 6.07) is 11.0. The molecule has 0 radical (unpaired) electrons. The smallest absolute Gasteiger partial charge is 0.259 e. The van der Waals surface area contributed by atoms with Gasteiger partial charge in [-0.05, 0) is 31.4 Å². The van der Waals surface area contributed by atoms with E-state index in [0.29, 0.717) is 11.3 Å². The first kappa shape index (κ1) is 21.5. The van der Waals surface area contributed by atoms with Crippen molar-refractivity contribution in [3.05, 3.63) is 58.5 Å². The van der Waals surface area contributed by atoms with Gasteiger partial charge in [0.15, 0.2) is 0 Å². The Kier molecular flexibility index (Phi) is 6.73. The van der Waals surface area contributed by atoms with Crippen LogP contribution in [0.5, 0.6) is 5.75 Å². The highest BCUT2D eigenvalue weighted by Gasteiger charge is 2.30. The molecule has 0 spiro atoms. The Labute approximate surface area is 177 Å². The van der Waals surface area contributed by atoms with E-state index in [1.165, 1.54) is 17.7 Å². The summed E-state index contributed by atoms with van der Waals surface area (Å²) in [4.78, 5) is 28.1. The van der Waals surface area contributed by atoms with Crippen molar-refractivity contribution in [2.45, 2.75) is 50.8 Å². The molecule has 6 heteroatoms. The number of methoxy groups -OCH3 is 1. The lowest BCUT2D eigenvalue weighted by molar-refractivity contribution is 0.0636.